The van der Waals surface area contributed by atoms with Crippen LogP contribution in [0.2, 0.25) is 0 Å². The minimum Gasteiger partial charge on any atom is -0.394 e. The van der Waals surface area contributed by atoms with Crippen molar-refractivity contribution >= 4 is 11.8 Å². The number of amides is 2. The highest BCUT2D eigenvalue weighted by Gasteiger charge is 2.28. The van der Waals surface area contributed by atoms with E-state index >= 15 is 0 Å². The van der Waals surface area contributed by atoms with Crippen LogP contribution < -0.4 is 10.6 Å². The highest BCUT2D eigenvalue weighted by molar-refractivity contribution is 5.81. The van der Waals surface area contributed by atoms with E-state index in [0.29, 0.717) is 18.9 Å². The maximum absolute atomic E-state index is 12.0. The van der Waals surface area contributed by atoms with Crippen molar-refractivity contribution in [3.63, 3.8) is 0 Å². The number of aliphatic hydroxyl groups is 1. The minimum absolute atomic E-state index is 0.0305. The van der Waals surface area contributed by atoms with E-state index in [1.165, 1.54) is 0 Å². The largest absolute Gasteiger partial charge is 0.394 e. The third-order valence-corrected chi connectivity index (χ3v) is 3.57. The monoisotopic (exact) mass is 270 g/mol. The molecule has 1 fully saturated rings. The van der Waals surface area contributed by atoms with Crippen molar-refractivity contribution in [1.82, 2.24) is 10.6 Å². The Morgan fingerprint density at radius 2 is 2.16 bits per heavy atom. The summed E-state index contributed by atoms with van der Waals surface area (Å²) in [7, 11) is 0. The second-order valence-electron chi connectivity index (χ2n) is 5.93. The third-order valence-electron chi connectivity index (χ3n) is 3.57. The molecule has 2 amide bonds. The molecule has 0 bridgehead atoms. The predicted octanol–water partition coefficient (Wildman–Crippen LogP) is 0.672. The molecule has 1 aliphatic heterocycles. The summed E-state index contributed by atoms with van der Waals surface area (Å²) in [6, 6.07) is -0.323. The number of nitrogens with one attached hydrogen (secondary N) is 2. The van der Waals surface area contributed by atoms with Crippen molar-refractivity contribution < 1.29 is 14.7 Å². The number of aliphatic hydroxyl groups excluding tert-OH is 1. The normalized spacial score (nSPS) is 22.2. The van der Waals surface area contributed by atoms with E-state index in [4.69, 9.17) is 0 Å². The zero-order chi connectivity index (χ0) is 14.4. The summed E-state index contributed by atoms with van der Waals surface area (Å²) in [5, 5.41) is 15.0. The van der Waals surface area contributed by atoms with E-state index in [2.05, 4.69) is 24.5 Å². The van der Waals surface area contributed by atoms with E-state index < -0.39 is 0 Å². The van der Waals surface area contributed by atoms with Crippen LogP contribution in [0.15, 0.2) is 0 Å². The van der Waals surface area contributed by atoms with Gasteiger partial charge in [0.1, 0.15) is 0 Å². The van der Waals surface area contributed by atoms with Crippen molar-refractivity contribution in [3.05, 3.63) is 0 Å². The second-order valence-corrected chi connectivity index (χ2v) is 5.93. The van der Waals surface area contributed by atoms with Gasteiger partial charge in [0.25, 0.3) is 0 Å². The summed E-state index contributed by atoms with van der Waals surface area (Å²) in [5.74, 6) is 0.312. The Morgan fingerprint density at radius 1 is 1.47 bits per heavy atom. The van der Waals surface area contributed by atoms with Gasteiger partial charge in [-0.15, -0.1) is 0 Å². The Kier molecular flexibility index (Phi) is 6.28. The van der Waals surface area contributed by atoms with Crippen LogP contribution >= 0.6 is 0 Å². The van der Waals surface area contributed by atoms with Gasteiger partial charge in [0, 0.05) is 18.4 Å². The zero-order valence-electron chi connectivity index (χ0n) is 12.1. The van der Waals surface area contributed by atoms with Gasteiger partial charge in [-0.05, 0) is 25.2 Å². The molecule has 0 saturated carbocycles. The van der Waals surface area contributed by atoms with Crippen molar-refractivity contribution in [3.8, 4) is 0 Å². The molecule has 110 valence electrons. The van der Waals surface area contributed by atoms with Gasteiger partial charge in [-0.3, -0.25) is 9.59 Å². The van der Waals surface area contributed by atoms with Crippen LogP contribution in [0.25, 0.3) is 0 Å². The zero-order valence-corrected chi connectivity index (χ0v) is 12.1. The fraction of sp³-hybridized carbons (Fsp3) is 0.857. The average Bonchev–Trinajstić information content (AvgIpc) is 2.73. The Labute approximate surface area is 115 Å². The molecule has 0 spiro atoms. The average molecular weight is 270 g/mol. The van der Waals surface area contributed by atoms with Crippen molar-refractivity contribution in [2.45, 2.75) is 46.1 Å². The van der Waals surface area contributed by atoms with E-state index in [1.807, 2.05) is 6.92 Å². The Bertz CT molecular complexity index is 318. The minimum atomic E-state index is -0.323. The SMILES string of the molecule is CC(C)C[C@H](C)C(=O)N[C@H](CO)C[C@@H]1CCNC1=O. The molecule has 0 radical (unpaired) electrons. The lowest BCUT2D eigenvalue weighted by Crippen LogP contribution is -2.42. The van der Waals surface area contributed by atoms with Crippen LogP contribution in [0.1, 0.15) is 40.0 Å². The van der Waals surface area contributed by atoms with E-state index in [0.717, 1.165) is 12.8 Å². The van der Waals surface area contributed by atoms with Gasteiger partial charge >= 0.3 is 0 Å². The Hall–Kier alpha value is -1.10. The molecule has 3 atom stereocenters. The maximum atomic E-state index is 12.0. The van der Waals surface area contributed by atoms with Crippen molar-refractivity contribution in [2.75, 3.05) is 13.2 Å². The molecule has 1 aliphatic rings. The molecule has 1 heterocycles. The highest BCUT2D eigenvalue weighted by atomic mass is 16.3. The number of rotatable bonds is 7. The second kappa shape index (κ2) is 7.48. The van der Waals surface area contributed by atoms with Gasteiger partial charge in [0.15, 0.2) is 0 Å². The van der Waals surface area contributed by atoms with Gasteiger partial charge in [-0.25, -0.2) is 0 Å². The molecule has 0 aromatic heterocycles. The third kappa shape index (κ3) is 5.19. The summed E-state index contributed by atoms with van der Waals surface area (Å²) in [4.78, 5) is 23.5. The van der Waals surface area contributed by atoms with Crippen LogP contribution in [0.3, 0.4) is 0 Å². The van der Waals surface area contributed by atoms with Crippen molar-refractivity contribution in [2.24, 2.45) is 17.8 Å². The van der Waals surface area contributed by atoms with Crippen LogP contribution in [-0.2, 0) is 9.59 Å². The molecule has 0 aliphatic carbocycles. The fourth-order valence-electron chi connectivity index (χ4n) is 2.55. The summed E-state index contributed by atoms with van der Waals surface area (Å²) in [6.45, 7) is 6.63. The molecular weight excluding hydrogens is 244 g/mol. The fourth-order valence-corrected chi connectivity index (χ4v) is 2.55. The quantitative estimate of drug-likeness (QED) is 0.636. The molecular formula is C14H26N2O3. The first-order valence-electron chi connectivity index (χ1n) is 7.13. The van der Waals surface area contributed by atoms with E-state index in [1.54, 1.807) is 0 Å². The molecule has 0 aromatic rings. The molecule has 3 N–H and O–H groups in total. The first-order valence-corrected chi connectivity index (χ1v) is 7.13. The lowest BCUT2D eigenvalue weighted by molar-refractivity contribution is -0.127. The standard InChI is InChI=1S/C14H26N2O3/c1-9(2)6-10(3)13(18)16-12(8-17)7-11-4-5-15-14(11)19/h9-12,17H,4-8H2,1-3H3,(H,15,19)(H,16,18)/t10-,11-,12-/m0/s1. The summed E-state index contributed by atoms with van der Waals surface area (Å²) in [6.07, 6.45) is 2.13. The summed E-state index contributed by atoms with van der Waals surface area (Å²) < 4.78 is 0. The van der Waals surface area contributed by atoms with Gasteiger partial charge in [-0.2, -0.15) is 0 Å². The van der Waals surface area contributed by atoms with Gasteiger partial charge < -0.3 is 15.7 Å². The van der Waals surface area contributed by atoms with Crippen LogP contribution in [0.5, 0.6) is 0 Å². The summed E-state index contributed by atoms with van der Waals surface area (Å²) >= 11 is 0. The molecule has 0 aromatic carbocycles. The number of hydrogen-bond acceptors (Lipinski definition) is 3. The molecule has 5 heteroatoms. The molecule has 1 rings (SSSR count). The molecule has 5 nitrogen and oxygen atoms in total. The van der Waals surface area contributed by atoms with E-state index in [-0.39, 0.29) is 36.3 Å². The van der Waals surface area contributed by atoms with Crippen LogP contribution in [0.4, 0.5) is 0 Å². The Balaban J connectivity index is 2.42. The van der Waals surface area contributed by atoms with E-state index in [9.17, 15) is 14.7 Å². The highest BCUT2D eigenvalue weighted by Crippen LogP contribution is 2.17. The van der Waals surface area contributed by atoms with Crippen LogP contribution in [0, 0.1) is 17.8 Å². The predicted molar refractivity (Wildman–Crippen MR) is 73.4 cm³/mol. The van der Waals surface area contributed by atoms with Gasteiger partial charge in [-0.1, -0.05) is 20.8 Å². The number of carbonyl (C=O) groups is 2. The van der Waals surface area contributed by atoms with Crippen LogP contribution in [-0.4, -0.2) is 36.1 Å². The van der Waals surface area contributed by atoms with Crippen molar-refractivity contribution in [1.29, 1.82) is 0 Å². The van der Waals surface area contributed by atoms with Gasteiger partial charge in [0.2, 0.25) is 11.8 Å². The smallest absolute Gasteiger partial charge is 0.223 e. The molecule has 19 heavy (non-hydrogen) atoms. The number of carbonyl (C=O) groups excluding carboxylic acids is 2. The first-order chi connectivity index (χ1) is 8.93. The lowest BCUT2D eigenvalue weighted by atomic mass is 9.96. The lowest BCUT2D eigenvalue weighted by Gasteiger charge is -2.21. The summed E-state index contributed by atoms with van der Waals surface area (Å²) in [5.41, 5.74) is 0. The first kappa shape index (κ1) is 16.0. The van der Waals surface area contributed by atoms with Gasteiger partial charge in [0.05, 0.1) is 12.6 Å². The molecule has 0 unspecified atom stereocenters. The molecule has 1 saturated heterocycles. The number of hydrogen-bond donors (Lipinski definition) is 3. The Morgan fingerprint density at radius 3 is 2.63 bits per heavy atom. The maximum Gasteiger partial charge on any atom is 0.223 e. The topological polar surface area (TPSA) is 78.4 Å².